The highest BCUT2D eigenvalue weighted by molar-refractivity contribution is 6.10. The number of benzene rings is 1. The van der Waals surface area contributed by atoms with E-state index in [1.165, 1.54) is 10.5 Å². The van der Waals surface area contributed by atoms with Gasteiger partial charge < -0.3 is 4.90 Å². The van der Waals surface area contributed by atoms with Crippen molar-refractivity contribution in [2.24, 2.45) is 29.6 Å². The van der Waals surface area contributed by atoms with Crippen molar-refractivity contribution in [2.45, 2.75) is 18.5 Å². The molecule has 150 valence electrons. The maximum atomic E-state index is 13.3. The molecule has 5 heterocycles. The van der Waals surface area contributed by atoms with Crippen molar-refractivity contribution in [3.63, 3.8) is 0 Å². The first kappa shape index (κ1) is 17.4. The van der Waals surface area contributed by atoms with Gasteiger partial charge in [0.05, 0.1) is 23.3 Å². The largest absolute Gasteiger partial charge is 0.332 e. The number of amides is 3. The number of carbonyl (C=O) groups excluding carboxylic acids is 3. The lowest BCUT2D eigenvalue weighted by atomic mass is 9.54. The van der Waals surface area contributed by atoms with Crippen molar-refractivity contribution >= 4 is 17.7 Å². The van der Waals surface area contributed by atoms with Crippen LogP contribution >= 0.6 is 0 Å². The minimum atomic E-state index is -0.639. The van der Waals surface area contributed by atoms with Crippen molar-refractivity contribution in [3.8, 4) is 0 Å². The number of hydrogen-bond donors (Lipinski definition) is 0. The van der Waals surface area contributed by atoms with E-state index in [0.29, 0.717) is 12.5 Å². The van der Waals surface area contributed by atoms with Gasteiger partial charge in [-0.25, -0.2) is 0 Å². The summed E-state index contributed by atoms with van der Waals surface area (Å²) in [5, 5.41) is 0. The molecule has 4 saturated heterocycles. The predicted molar refractivity (Wildman–Crippen MR) is 105 cm³/mol. The van der Waals surface area contributed by atoms with Crippen molar-refractivity contribution in [2.75, 3.05) is 26.7 Å². The quantitative estimate of drug-likeness (QED) is 0.560. The van der Waals surface area contributed by atoms with Crippen molar-refractivity contribution in [1.29, 1.82) is 0 Å². The van der Waals surface area contributed by atoms with Crippen LogP contribution in [-0.2, 0) is 20.9 Å². The fourth-order valence-electron chi connectivity index (χ4n) is 6.89. The number of fused-ring (bicyclic) bond motifs is 2. The van der Waals surface area contributed by atoms with E-state index >= 15 is 0 Å². The zero-order valence-corrected chi connectivity index (χ0v) is 16.5. The van der Waals surface area contributed by atoms with Gasteiger partial charge in [-0.1, -0.05) is 42.5 Å². The van der Waals surface area contributed by atoms with Gasteiger partial charge in [0.2, 0.25) is 17.7 Å². The molecule has 1 aromatic carbocycles. The summed E-state index contributed by atoms with van der Waals surface area (Å²) in [6, 6.07) is 10.4. The number of imide groups is 1. The Morgan fingerprint density at radius 3 is 2.59 bits per heavy atom. The highest BCUT2D eigenvalue weighted by atomic mass is 16.2. The minimum Gasteiger partial charge on any atom is -0.332 e. The SMILES string of the molecule is CN1C(=O)[C@H]2[C@H]3C=C[C@@]4(C5CC(CN(Cc6ccccc6)C5)CN4C3=O)[C@H]2C1=O. The molecule has 0 N–H and O–H groups in total. The molecule has 5 aliphatic heterocycles. The van der Waals surface area contributed by atoms with Crippen LogP contribution in [0.5, 0.6) is 0 Å². The molecule has 2 unspecified atom stereocenters. The molecule has 1 aromatic rings. The summed E-state index contributed by atoms with van der Waals surface area (Å²) in [7, 11) is 1.57. The van der Waals surface area contributed by atoms with Gasteiger partial charge in [0.1, 0.15) is 0 Å². The summed E-state index contributed by atoms with van der Waals surface area (Å²) in [5.41, 5.74) is 0.644. The highest BCUT2D eigenvalue weighted by Gasteiger charge is 2.71. The van der Waals surface area contributed by atoms with Gasteiger partial charge in [-0.3, -0.25) is 24.2 Å². The van der Waals surface area contributed by atoms with Crippen LogP contribution < -0.4 is 0 Å². The third kappa shape index (κ3) is 2.13. The number of piperidine rings is 3. The monoisotopic (exact) mass is 391 g/mol. The van der Waals surface area contributed by atoms with Crippen LogP contribution in [0.25, 0.3) is 0 Å². The lowest BCUT2D eigenvalue weighted by Gasteiger charge is -2.64. The van der Waals surface area contributed by atoms with Crippen LogP contribution in [0.1, 0.15) is 12.0 Å². The van der Waals surface area contributed by atoms with E-state index in [-0.39, 0.29) is 23.6 Å². The van der Waals surface area contributed by atoms with Crippen LogP contribution in [0, 0.1) is 29.6 Å². The van der Waals surface area contributed by atoms with E-state index in [1.54, 1.807) is 7.05 Å². The van der Waals surface area contributed by atoms with Crippen LogP contribution in [-0.4, -0.2) is 64.6 Å². The molecule has 0 radical (unpaired) electrons. The fourth-order valence-corrected chi connectivity index (χ4v) is 6.89. The van der Waals surface area contributed by atoms with Crippen LogP contribution in [0.15, 0.2) is 42.5 Å². The average Bonchev–Trinajstić information content (AvgIpc) is 2.96. The first-order chi connectivity index (χ1) is 14.0. The molecular weight excluding hydrogens is 366 g/mol. The Morgan fingerprint density at radius 2 is 1.79 bits per heavy atom. The molecule has 1 spiro atoms. The molecule has 6 heteroatoms. The number of likely N-dealkylation sites (tertiary alicyclic amines) is 2. The van der Waals surface area contributed by atoms with Gasteiger partial charge in [0, 0.05) is 33.2 Å². The van der Waals surface area contributed by atoms with Gasteiger partial charge >= 0.3 is 0 Å². The molecule has 0 saturated carbocycles. The third-order valence-corrected chi connectivity index (χ3v) is 8.00. The maximum Gasteiger partial charge on any atom is 0.235 e. The van der Waals surface area contributed by atoms with Crippen LogP contribution in [0.3, 0.4) is 0 Å². The zero-order chi connectivity index (χ0) is 19.9. The Morgan fingerprint density at radius 1 is 1.00 bits per heavy atom. The van der Waals surface area contributed by atoms with E-state index < -0.39 is 23.3 Å². The number of carbonyl (C=O) groups is 3. The molecule has 7 rings (SSSR count). The second-order valence-corrected chi connectivity index (χ2v) is 9.44. The standard InChI is InChI=1S/C23H25N3O3/c1-24-21(28)18-17-7-8-23(19(18)22(24)29)16-9-15(12-26(23)20(17)27)11-25(13-16)10-14-5-3-2-4-6-14/h2-8,15-19H,9-13H2,1H3/t15?,16?,17-,18+,19-,23-/m1/s1. The normalized spacial score (nSPS) is 40.4. The van der Waals surface area contributed by atoms with Gasteiger partial charge in [0.15, 0.2) is 0 Å². The summed E-state index contributed by atoms with van der Waals surface area (Å²) >= 11 is 0. The lowest BCUT2D eigenvalue weighted by Crippen LogP contribution is -2.75. The van der Waals surface area contributed by atoms with E-state index in [2.05, 4.69) is 35.2 Å². The Hall–Kier alpha value is -2.47. The number of rotatable bonds is 2. The van der Waals surface area contributed by atoms with Crippen molar-refractivity contribution in [1.82, 2.24) is 14.7 Å². The van der Waals surface area contributed by atoms with Crippen molar-refractivity contribution in [3.05, 3.63) is 48.0 Å². The smallest absolute Gasteiger partial charge is 0.235 e. The Kier molecular flexibility index (Phi) is 3.47. The molecule has 29 heavy (non-hydrogen) atoms. The first-order valence-corrected chi connectivity index (χ1v) is 10.6. The Bertz CT molecular complexity index is 944. The molecule has 6 nitrogen and oxygen atoms in total. The summed E-state index contributed by atoms with van der Waals surface area (Å²) in [6.07, 6.45) is 5.07. The van der Waals surface area contributed by atoms with E-state index in [9.17, 15) is 14.4 Å². The topological polar surface area (TPSA) is 60.9 Å². The zero-order valence-electron chi connectivity index (χ0n) is 16.5. The van der Waals surface area contributed by atoms with Crippen LogP contribution in [0.2, 0.25) is 0 Å². The number of nitrogens with zero attached hydrogens (tertiary/aromatic N) is 3. The molecule has 6 atom stereocenters. The van der Waals surface area contributed by atoms with E-state index in [0.717, 1.165) is 26.1 Å². The average molecular weight is 391 g/mol. The van der Waals surface area contributed by atoms with Gasteiger partial charge in [-0.2, -0.15) is 0 Å². The summed E-state index contributed by atoms with van der Waals surface area (Å²) in [4.78, 5) is 45.0. The number of hydrogen-bond acceptors (Lipinski definition) is 4. The lowest BCUT2D eigenvalue weighted by molar-refractivity contribution is -0.177. The summed E-state index contributed by atoms with van der Waals surface area (Å²) < 4.78 is 0. The molecule has 1 aliphatic carbocycles. The minimum absolute atomic E-state index is 0.0522. The highest BCUT2D eigenvalue weighted by Crippen LogP contribution is 2.58. The first-order valence-electron chi connectivity index (χ1n) is 10.6. The maximum absolute atomic E-state index is 13.3. The fraction of sp³-hybridized carbons (Fsp3) is 0.522. The van der Waals surface area contributed by atoms with E-state index in [4.69, 9.17) is 0 Å². The van der Waals surface area contributed by atoms with Crippen molar-refractivity contribution < 1.29 is 14.4 Å². The van der Waals surface area contributed by atoms with Crippen LogP contribution in [0.4, 0.5) is 0 Å². The van der Waals surface area contributed by atoms with E-state index in [1.807, 2.05) is 17.0 Å². The third-order valence-electron chi connectivity index (χ3n) is 8.00. The van der Waals surface area contributed by atoms with Gasteiger partial charge in [-0.15, -0.1) is 0 Å². The summed E-state index contributed by atoms with van der Waals surface area (Å²) in [6.45, 7) is 3.39. The van der Waals surface area contributed by atoms with Gasteiger partial charge in [0.25, 0.3) is 0 Å². The second-order valence-electron chi connectivity index (χ2n) is 9.44. The predicted octanol–water partition coefficient (Wildman–Crippen LogP) is 1.14. The summed E-state index contributed by atoms with van der Waals surface area (Å²) in [5.74, 6) is -1.04. The van der Waals surface area contributed by atoms with Gasteiger partial charge in [-0.05, 0) is 23.8 Å². The molecule has 6 aliphatic rings. The molecule has 3 amide bonds. The second kappa shape index (κ2) is 5.79. The molecule has 0 aromatic heterocycles. The Balaban J connectivity index is 1.39. The molecule has 4 fully saturated rings. The Labute approximate surface area is 170 Å². The molecule has 4 bridgehead atoms. The molecular formula is C23H25N3O3.